The van der Waals surface area contributed by atoms with Gasteiger partial charge in [0.05, 0.1) is 11.3 Å². The van der Waals surface area contributed by atoms with Crippen molar-refractivity contribution < 1.29 is 9.18 Å². The van der Waals surface area contributed by atoms with Crippen molar-refractivity contribution in [1.29, 1.82) is 0 Å². The molecule has 0 saturated heterocycles. The van der Waals surface area contributed by atoms with Crippen LogP contribution in [0.15, 0.2) is 34.8 Å². The van der Waals surface area contributed by atoms with E-state index < -0.39 is 11.7 Å². The summed E-state index contributed by atoms with van der Waals surface area (Å²) in [6, 6.07) is 8.32. The Morgan fingerprint density at radius 3 is 2.60 bits per heavy atom. The lowest BCUT2D eigenvalue weighted by atomic mass is 10.1. The Hall–Kier alpha value is -1.88. The smallest absolute Gasteiger partial charge is 0.258 e. The van der Waals surface area contributed by atoms with E-state index in [1.54, 1.807) is 13.0 Å². The molecule has 0 radical (unpaired) electrons. The summed E-state index contributed by atoms with van der Waals surface area (Å²) < 4.78 is 14.7. The first kappa shape index (κ1) is 14.5. The van der Waals surface area contributed by atoms with E-state index in [0.717, 1.165) is 10.0 Å². The van der Waals surface area contributed by atoms with E-state index in [9.17, 15) is 9.18 Å². The van der Waals surface area contributed by atoms with Gasteiger partial charge in [0, 0.05) is 10.2 Å². The summed E-state index contributed by atoms with van der Waals surface area (Å²) in [5.41, 5.74) is 7.94. The van der Waals surface area contributed by atoms with Gasteiger partial charge in [0.25, 0.3) is 5.91 Å². The summed E-state index contributed by atoms with van der Waals surface area (Å²) >= 11 is 3.36. The number of aryl methyl sites for hydroxylation is 2. The van der Waals surface area contributed by atoms with Crippen molar-refractivity contribution in [2.75, 3.05) is 11.1 Å². The first-order valence-corrected chi connectivity index (χ1v) is 6.81. The van der Waals surface area contributed by atoms with Crippen molar-refractivity contribution in [2.45, 2.75) is 13.8 Å². The van der Waals surface area contributed by atoms with E-state index in [1.165, 1.54) is 12.1 Å². The van der Waals surface area contributed by atoms with Crippen LogP contribution in [0.2, 0.25) is 0 Å². The molecule has 0 saturated carbocycles. The van der Waals surface area contributed by atoms with Gasteiger partial charge >= 0.3 is 0 Å². The number of nitrogens with one attached hydrogen (secondary N) is 1. The molecule has 0 bridgehead atoms. The molecule has 3 nitrogen and oxygen atoms in total. The molecule has 0 aliphatic heterocycles. The number of amides is 1. The van der Waals surface area contributed by atoms with Crippen molar-refractivity contribution in [3.05, 3.63) is 57.3 Å². The van der Waals surface area contributed by atoms with Gasteiger partial charge in [-0.05, 0) is 65.2 Å². The average molecular weight is 337 g/mol. The van der Waals surface area contributed by atoms with E-state index in [1.807, 2.05) is 19.1 Å². The second-order valence-electron chi connectivity index (χ2n) is 4.64. The number of carbonyl (C=O) groups excluding carboxylic acids is 1. The van der Waals surface area contributed by atoms with Crippen molar-refractivity contribution in [1.82, 2.24) is 0 Å². The van der Waals surface area contributed by atoms with Gasteiger partial charge < -0.3 is 11.1 Å². The van der Waals surface area contributed by atoms with Crippen LogP contribution in [0.3, 0.4) is 0 Å². The van der Waals surface area contributed by atoms with Gasteiger partial charge in [-0.2, -0.15) is 0 Å². The number of benzene rings is 2. The zero-order valence-corrected chi connectivity index (χ0v) is 12.7. The standard InChI is InChI=1S/C15H14BrFN2O/c1-8-3-4-13(12(16)5-8)19-15(20)11-7-10(18)6-9(2)14(11)17/h3-7H,18H2,1-2H3,(H,19,20). The lowest BCUT2D eigenvalue weighted by molar-refractivity contribution is 0.102. The summed E-state index contributed by atoms with van der Waals surface area (Å²) in [5, 5.41) is 2.67. The number of halogens is 2. The Balaban J connectivity index is 2.33. The average Bonchev–Trinajstić information content (AvgIpc) is 2.37. The van der Waals surface area contributed by atoms with E-state index in [0.29, 0.717) is 16.9 Å². The minimum absolute atomic E-state index is 0.0602. The fourth-order valence-electron chi connectivity index (χ4n) is 1.87. The largest absolute Gasteiger partial charge is 0.399 e. The summed E-state index contributed by atoms with van der Waals surface area (Å²) in [7, 11) is 0. The van der Waals surface area contributed by atoms with Gasteiger partial charge in [0.15, 0.2) is 0 Å². The molecule has 2 rings (SSSR count). The molecule has 1 amide bonds. The number of hydrogen-bond donors (Lipinski definition) is 2. The second-order valence-corrected chi connectivity index (χ2v) is 5.49. The van der Waals surface area contributed by atoms with Crippen LogP contribution in [0.5, 0.6) is 0 Å². The van der Waals surface area contributed by atoms with Crippen molar-refractivity contribution >= 4 is 33.2 Å². The molecule has 2 aromatic rings. The molecule has 0 aromatic heterocycles. The molecular weight excluding hydrogens is 323 g/mol. The normalized spacial score (nSPS) is 10.4. The summed E-state index contributed by atoms with van der Waals surface area (Å²) in [5.74, 6) is -1.08. The highest BCUT2D eigenvalue weighted by Crippen LogP contribution is 2.25. The first-order valence-electron chi connectivity index (χ1n) is 6.01. The topological polar surface area (TPSA) is 55.1 Å². The van der Waals surface area contributed by atoms with Crippen LogP contribution < -0.4 is 11.1 Å². The van der Waals surface area contributed by atoms with Gasteiger partial charge in [-0.3, -0.25) is 4.79 Å². The third kappa shape index (κ3) is 2.99. The number of nitrogen functional groups attached to an aromatic ring is 1. The maximum Gasteiger partial charge on any atom is 0.258 e. The van der Waals surface area contributed by atoms with Crippen LogP contribution in [-0.4, -0.2) is 5.91 Å². The van der Waals surface area contributed by atoms with Gasteiger partial charge in [0.2, 0.25) is 0 Å². The van der Waals surface area contributed by atoms with Crippen LogP contribution >= 0.6 is 15.9 Å². The molecule has 5 heteroatoms. The second kappa shape index (κ2) is 5.63. The number of anilines is 2. The quantitative estimate of drug-likeness (QED) is 0.813. The first-order chi connectivity index (χ1) is 9.38. The Labute approximate surface area is 125 Å². The highest BCUT2D eigenvalue weighted by molar-refractivity contribution is 9.10. The molecule has 3 N–H and O–H groups in total. The molecule has 0 spiro atoms. The number of carbonyl (C=O) groups is 1. The lowest BCUT2D eigenvalue weighted by Gasteiger charge is -2.10. The molecule has 0 heterocycles. The monoisotopic (exact) mass is 336 g/mol. The van der Waals surface area contributed by atoms with Crippen LogP contribution in [0.4, 0.5) is 15.8 Å². The Bertz CT molecular complexity index is 686. The lowest BCUT2D eigenvalue weighted by Crippen LogP contribution is -2.15. The molecule has 0 unspecified atom stereocenters. The Morgan fingerprint density at radius 1 is 1.25 bits per heavy atom. The highest BCUT2D eigenvalue weighted by Gasteiger charge is 2.15. The van der Waals surface area contributed by atoms with Crippen molar-refractivity contribution in [3.63, 3.8) is 0 Å². The maximum absolute atomic E-state index is 14.0. The summed E-state index contributed by atoms with van der Waals surface area (Å²) in [6.45, 7) is 3.52. The van der Waals surface area contributed by atoms with Crippen LogP contribution in [0.25, 0.3) is 0 Å². The molecule has 0 fully saturated rings. The summed E-state index contributed by atoms with van der Waals surface area (Å²) in [4.78, 5) is 12.1. The zero-order chi connectivity index (χ0) is 14.9. The van der Waals surface area contributed by atoms with E-state index in [4.69, 9.17) is 5.73 Å². The number of hydrogen-bond acceptors (Lipinski definition) is 2. The van der Waals surface area contributed by atoms with Crippen LogP contribution in [-0.2, 0) is 0 Å². The van der Waals surface area contributed by atoms with Gasteiger partial charge in [0.1, 0.15) is 5.82 Å². The summed E-state index contributed by atoms with van der Waals surface area (Å²) in [6.07, 6.45) is 0. The molecule has 0 aliphatic carbocycles. The van der Waals surface area contributed by atoms with E-state index in [-0.39, 0.29) is 5.56 Å². The molecule has 0 aliphatic rings. The van der Waals surface area contributed by atoms with Crippen molar-refractivity contribution in [3.8, 4) is 0 Å². The van der Waals surface area contributed by atoms with Gasteiger partial charge in [-0.1, -0.05) is 6.07 Å². The van der Waals surface area contributed by atoms with Crippen molar-refractivity contribution in [2.24, 2.45) is 0 Å². The van der Waals surface area contributed by atoms with Gasteiger partial charge in [-0.15, -0.1) is 0 Å². The predicted octanol–water partition coefficient (Wildman–Crippen LogP) is 4.04. The Kier molecular flexibility index (Phi) is 4.09. The molecule has 104 valence electrons. The predicted molar refractivity (Wildman–Crippen MR) is 82.4 cm³/mol. The molecule has 0 atom stereocenters. The zero-order valence-electron chi connectivity index (χ0n) is 11.1. The Morgan fingerprint density at radius 2 is 1.95 bits per heavy atom. The van der Waals surface area contributed by atoms with Gasteiger partial charge in [-0.25, -0.2) is 4.39 Å². The minimum Gasteiger partial charge on any atom is -0.399 e. The molecule has 2 aromatic carbocycles. The van der Waals surface area contributed by atoms with Crippen LogP contribution in [0.1, 0.15) is 21.5 Å². The number of nitrogens with two attached hydrogens (primary N) is 1. The minimum atomic E-state index is -0.556. The fourth-order valence-corrected chi connectivity index (χ4v) is 2.47. The maximum atomic E-state index is 14.0. The van der Waals surface area contributed by atoms with E-state index >= 15 is 0 Å². The number of rotatable bonds is 2. The SMILES string of the molecule is Cc1ccc(NC(=O)c2cc(N)cc(C)c2F)c(Br)c1. The molecular formula is C15H14BrFN2O. The molecule has 20 heavy (non-hydrogen) atoms. The third-order valence-corrected chi connectivity index (χ3v) is 3.55. The fraction of sp³-hybridized carbons (Fsp3) is 0.133. The third-order valence-electron chi connectivity index (χ3n) is 2.89. The van der Waals surface area contributed by atoms with E-state index in [2.05, 4.69) is 21.2 Å². The van der Waals surface area contributed by atoms with Crippen LogP contribution in [0, 0.1) is 19.7 Å². The highest BCUT2D eigenvalue weighted by atomic mass is 79.9.